The fraction of sp³-hybridized carbons (Fsp3) is 0.385. The number of aromatic nitrogens is 2. The van der Waals surface area contributed by atoms with E-state index in [0.717, 1.165) is 29.5 Å². The van der Waals surface area contributed by atoms with Gasteiger partial charge in [0.2, 0.25) is 11.8 Å². The largest absolute Gasteiger partial charge is 0.467 e. The normalized spacial score (nSPS) is 15.4. The predicted octanol–water partition coefficient (Wildman–Crippen LogP) is 3.69. The maximum absolute atomic E-state index is 13.5. The summed E-state index contributed by atoms with van der Waals surface area (Å²) >= 11 is 2.63. The molecular formula is C26H28N4O5S2. The molecule has 0 radical (unpaired) electrons. The van der Waals surface area contributed by atoms with E-state index in [9.17, 15) is 14.4 Å². The van der Waals surface area contributed by atoms with Gasteiger partial charge in [0, 0.05) is 36.2 Å². The summed E-state index contributed by atoms with van der Waals surface area (Å²) in [5.41, 5.74) is 0.499. The number of nitrogens with zero attached hydrogens (tertiary/aromatic N) is 2. The first kappa shape index (κ1) is 25.5. The molecule has 194 valence electrons. The minimum absolute atomic E-state index is 0.0639. The van der Waals surface area contributed by atoms with Crippen LogP contribution in [0.4, 0.5) is 0 Å². The number of hydrogen-bond acceptors (Lipinski definition) is 8. The molecule has 37 heavy (non-hydrogen) atoms. The zero-order valence-electron chi connectivity index (χ0n) is 20.2. The zero-order chi connectivity index (χ0) is 25.6. The molecule has 0 bridgehead atoms. The Morgan fingerprint density at radius 1 is 1.16 bits per heavy atom. The van der Waals surface area contributed by atoms with Gasteiger partial charge < -0.3 is 19.8 Å². The highest BCUT2D eigenvalue weighted by molar-refractivity contribution is 7.99. The maximum atomic E-state index is 13.5. The van der Waals surface area contributed by atoms with Gasteiger partial charge in [-0.25, -0.2) is 4.98 Å². The molecule has 0 unspecified atom stereocenters. The van der Waals surface area contributed by atoms with E-state index >= 15 is 0 Å². The van der Waals surface area contributed by atoms with Crippen LogP contribution in [0.1, 0.15) is 31.4 Å². The lowest BCUT2D eigenvalue weighted by molar-refractivity contribution is -0.121. The molecule has 0 aliphatic carbocycles. The number of fused-ring (bicyclic) bond motifs is 3. The lowest BCUT2D eigenvalue weighted by Gasteiger charge is -2.13. The summed E-state index contributed by atoms with van der Waals surface area (Å²) < 4.78 is 14.0. The van der Waals surface area contributed by atoms with E-state index in [4.69, 9.17) is 14.1 Å². The first-order valence-corrected chi connectivity index (χ1v) is 14.1. The Hall–Kier alpha value is -3.15. The number of benzene rings is 1. The van der Waals surface area contributed by atoms with Gasteiger partial charge in [-0.05, 0) is 37.5 Å². The number of ether oxygens (including phenoxy) is 1. The molecule has 1 aliphatic heterocycles. The monoisotopic (exact) mass is 540 g/mol. The molecule has 2 N–H and O–H groups in total. The van der Waals surface area contributed by atoms with Crippen LogP contribution in [0, 0.1) is 0 Å². The van der Waals surface area contributed by atoms with Crippen LogP contribution in [0.2, 0.25) is 0 Å². The Bertz CT molecular complexity index is 1440. The Labute approximate surface area is 221 Å². The quantitative estimate of drug-likeness (QED) is 0.220. The van der Waals surface area contributed by atoms with Gasteiger partial charge in [0.15, 0.2) is 5.16 Å². The van der Waals surface area contributed by atoms with Crippen molar-refractivity contribution in [2.24, 2.45) is 0 Å². The number of furan rings is 1. The van der Waals surface area contributed by atoms with Gasteiger partial charge in [-0.3, -0.25) is 19.0 Å². The lowest BCUT2D eigenvalue weighted by atomic mass is 10.2. The molecule has 1 aromatic carbocycles. The van der Waals surface area contributed by atoms with Crippen LogP contribution >= 0.6 is 23.1 Å². The van der Waals surface area contributed by atoms with Crippen LogP contribution in [0.25, 0.3) is 20.3 Å². The zero-order valence-corrected chi connectivity index (χ0v) is 21.9. The molecule has 1 saturated heterocycles. The third-order valence-electron chi connectivity index (χ3n) is 6.16. The topological polar surface area (TPSA) is 115 Å². The predicted molar refractivity (Wildman–Crippen MR) is 144 cm³/mol. The second-order valence-corrected chi connectivity index (χ2v) is 10.8. The standard InChI is InChI=1S/C26H28N4O5S2/c31-21(27-14-17-6-4-12-34-17)10-3-11-30-25(33)24-23(19-8-1-2-9-20(19)37-24)29-26(30)36-16-22(32)28-15-18-7-5-13-35-18/h1-2,5,7-9,13,17H,3-4,6,10-12,14-16H2,(H,27,31)(H,28,32)/t17-/m0/s1. The molecular weight excluding hydrogens is 512 g/mol. The van der Waals surface area contributed by atoms with Gasteiger partial charge in [-0.15, -0.1) is 11.3 Å². The number of amides is 2. The number of carbonyl (C=O) groups excluding carboxylic acids is 2. The van der Waals surface area contributed by atoms with Gasteiger partial charge >= 0.3 is 0 Å². The summed E-state index contributed by atoms with van der Waals surface area (Å²) in [6.45, 7) is 1.89. The first-order chi connectivity index (χ1) is 18.1. The van der Waals surface area contributed by atoms with E-state index in [1.165, 1.54) is 23.1 Å². The van der Waals surface area contributed by atoms with Crippen LogP contribution in [0.3, 0.4) is 0 Å². The summed E-state index contributed by atoms with van der Waals surface area (Å²) in [6.07, 6.45) is 4.41. The molecule has 4 aromatic rings. The summed E-state index contributed by atoms with van der Waals surface area (Å²) in [5.74, 6) is 0.511. The second-order valence-electron chi connectivity index (χ2n) is 8.81. The second kappa shape index (κ2) is 11.9. The van der Waals surface area contributed by atoms with E-state index < -0.39 is 0 Å². The Morgan fingerprint density at radius 2 is 2.05 bits per heavy atom. The van der Waals surface area contributed by atoms with Crippen molar-refractivity contribution < 1.29 is 18.7 Å². The van der Waals surface area contributed by atoms with E-state index in [1.807, 2.05) is 24.3 Å². The van der Waals surface area contributed by atoms with Crippen LogP contribution in [0.5, 0.6) is 0 Å². The molecule has 0 saturated carbocycles. The summed E-state index contributed by atoms with van der Waals surface area (Å²) in [7, 11) is 0. The van der Waals surface area contributed by atoms with Crippen LogP contribution in [-0.2, 0) is 27.4 Å². The molecule has 9 nitrogen and oxygen atoms in total. The Balaban J connectivity index is 1.29. The molecule has 1 aliphatic rings. The van der Waals surface area contributed by atoms with Gasteiger partial charge in [0.1, 0.15) is 10.5 Å². The number of thioether (sulfide) groups is 1. The van der Waals surface area contributed by atoms with Crippen molar-refractivity contribution in [2.45, 2.75) is 50.0 Å². The van der Waals surface area contributed by atoms with Crippen molar-refractivity contribution in [2.75, 3.05) is 18.9 Å². The van der Waals surface area contributed by atoms with Crippen molar-refractivity contribution in [1.29, 1.82) is 0 Å². The van der Waals surface area contributed by atoms with E-state index in [-0.39, 0.29) is 35.7 Å². The van der Waals surface area contributed by atoms with Crippen molar-refractivity contribution in [3.8, 4) is 0 Å². The number of thiophene rings is 1. The minimum atomic E-state index is -0.189. The summed E-state index contributed by atoms with van der Waals surface area (Å²) in [4.78, 5) is 43.1. The lowest BCUT2D eigenvalue weighted by Crippen LogP contribution is -2.32. The van der Waals surface area contributed by atoms with Crippen LogP contribution in [-0.4, -0.2) is 46.4 Å². The Kier molecular flexibility index (Phi) is 8.22. The van der Waals surface area contributed by atoms with Crippen LogP contribution < -0.4 is 16.2 Å². The SMILES string of the molecule is O=C(CCCn1c(SCC(=O)NCc2ccco2)nc2c(sc3ccccc32)c1=O)NC[C@@H]1CCCO1. The van der Waals surface area contributed by atoms with E-state index in [1.54, 1.807) is 23.0 Å². The van der Waals surface area contributed by atoms with Crippen LogP contribution in [0.15, 0.2) is 57.0 Å². The number of rotatable bonds is 11. The molecule has 3 aromatic heterocycles. The van der Waals surface area contributed by atoms with E-state index in [2.05, 4.69) is 10.6 Å². The average molecular weight is 541 g/mol. The van der Waals surface area contributed by atoms with Crippen molar-refractivity contribution in [3.63, 3.8) is 0 Å². The van der Waals surface area contributed by atoms with Gasteiger partial charge in [0.05, 0.1) is 30.2 Å². The molecule has 0 spiro atoms. The highest BCUT2D eigenvalue weighted by atomic mass is 32.2. The number of carbonyl (C=O) groups is 2. The molecule has 5 rings (SSSR count). The molecule has 1 atom stereocenters. The Morgan fingerprint density at radius 3 is 2.86 bits per heavy atom. The molecule has 1 fully saturated rings. The van der Waals surface area contributed by atoms with Gasteiger partial charge in [-0.2, -0.15) is 0 Å². The average Bonchev–Trinajstić information content (AvgIpc) is 3.68. The summed E-state index contributed by atoms with van der Waals surface area (Å²) in [5, 5.41) is 7.13. The fourth-order valence-corrected chi connectivity index (χ4v) is 6.20. The molecule has 4 heterocycles. The van der Waals surface area contributed by atoms with Crippen molar-refractivity contribution in [3.05, 3.63) is 58.8 Å². The smallest absolute Gasteiger partial charge is 0.272 e. The van der Waals surface area contributed by atoms with Gasteiger partial charge in [0.25, 0.3) is 5.56 Å². The van der Waals surface area contributed by atoms with Gasteiger partial charge in [-0.1, -0.05) is 30.0 Å². The first-order valence-electron chi connectivity index (χ1n) is 12.3. The highest BCUT2D eigenvalue weighted by Gasteiger charge is 2.19. The maximum Gasteiger partial charge on any atom is 0.272 e. The van der Waals surface area contributed by atoms with E-state index in [0.29, 0.717) is 47.2 Å². The third kappa shape index (κ3) is 6.23. The van der Waals surface area contributed by atoms with Crippen molar-refractivity contribution >= 4 is 55.2 Å². The number of nitrogens with one attached hydrogen (secondary N) is 2. The summed E-state index contributed by atoms with van der Waals surface area (Å²) in [6, 6.07) is 11.3. The molecule has 2 amide bonds. The minimum Gasteiger partial charge on any atom is -0.467 e. The van der Waals surface area contributed by atoms with Crippen molar-refractivity contribution in [1.82, 2.24) is 20.2 Å². The molecule has 11 heteroatoms. The number of hydrogen-bond donors (Lipinski definition) is 2. The third-order valence-corrected chi connectivity index (χ3v) is 8.28. The highest BCUT2D eigenvalue weighted by Crippen LogP contribution is 2.31. The fourth-order valence-electron chi connectivity index (χ4n) is 4.26.